The van der Waals surface area contributed by atoms with Gasteiger partial charge in [-0.15, -0.1) is 0 Å². The number of carbonyl (C=O) groups is 2. The van der Waals surface area contributed by atoms with E-state index in [1.165, 1.54) is 6.07 Å². The van der Waals surface area contributed by atoms with Gasteiger partial charge in [0.2, 0.25) is 5.91 Å². The first kappa shape index (κ1) is 15.4. The van der Waals surface area contributed by atoms with Crippen molar-refractivity contribution in [3.05, 3.63) is 29.6 Å². The highest BCUT2D eigenvalue weighted by molar-refractivity contribution is 5.91. The van der Waals surface area contributed by atoms with Crippen LogP contribution in [0.1, 0.15) is 12.5 Å². The molecule has 0 spiro atoms. The smallest absolute Gasteiger partial charge is 0.279 e. The Morgan fingerprint density at radius 1 is 1.33 bits per heavy atom. The molecule has 0 atom stereocenters. The van der Waals surface area contributed by atoms with E-state index >= 15 is 0 Å². The first-order chi connectivity index (χ1) is 9.95. The predicted molar refractivity (Wildman–Crippen MR) is 77.6 cm³/mol. The molecule has 1 heterocycles. The first-order valence-corrected chi connectivity index (χ1v) is 7.11. The third-order valence-corrected chi connectivity index (χ3v) is 3.73. The zero-order chi connectivity index (χ0) is 15.4. The molecular formula is C15H21FN3O2+. The summed E-state index contributed by atoms with van der Waals surface area (Å²) < 4.78 is 13.7. The number of halogens is 1. The molecule has 6 heteroatoms. The second kappa shape index (κ2) is 6.67. The molecule has 0 radical (unpaired) electrons. The first-order valence-electron chi connectivity index (χ1n) is 7.11. The van der Waals surface area contributed by atoms with Crippen LogP contribution in [0.3, 0.4) is 0 Å². The second-order valence-electron chi connectivity index (χ2n) is 5.46. The number of hydrogen-bond donors (Lipinski definition) is 2. The van der Waals surface area contributed by atoms with Crippen LogP contribution in [0.5, 0.6) is 0 Å². The van der Waals surface area contributed by atoms with E-state index in [4.69, 9.17) is 0 Å². The Morgan fingerprint density at radius 3 is 2.57 bits per heavy atom. The van der Waals surface area contributed by atoms with Crippen LogP contribution in [0.4, 0.5) is 10.1 Å². The van der Waals surface area contributed by atoms with Crippen LogP contribution in [0.15, 0.2) is 18.2 Å². The van der Waals surface area contributed by atoms with Gasteiger partial charge in [-0.3, -0.25) is 9.59 Å². The maximum Gasteiger partial charge on any atom is 0.279 e. The summed E-state index contributed by atoms with van der Waals surface area (Å²) in [6.45, 7) is 6.45. The highest BCUT2D eigenvalue weighted by Gasteiger charge is 2.23. The van der Waals surface area contributed by atoms with Crippen LogP contribution in [-0.2, 0) is 9.59 Å². The zero-order valence-corrected chi connectivity index (χ0v) is 12.4. The van der Waals surface area contributed by atoms with Gasteiger partial charge in [-0.25, -0.2) is 4.39 Å². The van der Waals surface area contributed by atoms with Crippen molar-refractivity contribution in [2.24, 2.45) is 0 Å². The van der Waals surface area contributed by atoms with Crippen LogP contribution in [0.2, 0.25) is 0 Å². The van der Waals surface area contributed by atoms with E-state index in [0.717, 1.165) is 23.6 Å². The van der Waals surface area contributed by atoms with Gasteiger partial charge < -0.3 is 15.1 Å². The molecule has 2 amide bonds. The Kier molecular flexibility index (Phi) is 4.90. The number of nitrogens with one attached hydrogen (secondary N) is 2. The summed E-state index contributed by atoms with van der Waals surface area (Å²) in [7, 11) is 0. The third-order valence-electron chi connectivity index (χ3n) is 3.73. The fourth-order valence-corrected chi connectivity index (χ4v) is 2.46. The van der Waals surface area contributed by atoms with Crippen LogP contribution >= 0.6 is 0 Å². The van der Waals surface area contributed by atoms with Crippen molar-refractivity contribution >= 4 is 17.5 Å². The Morgan fingerprint density at radius 2 is 2.00 bits per heavy atom. The molecule has 2 N–H and O–H groups in total. The second-order valence-corrected chi connectivity index (χ2v) is 5.46. The number of amides is 2. The normalized spacial score (nSPS) is 15.9. The zero-order valence-electron chi connectivity index (χ0n) is 12.4. The monoisotopic (exact) mass is 294 g/mol. The maximum absolute atomic E-state index is 13.7. The summed E-state index contributed by atoms with van der Waals surface area (Å²) in [5.41, 5.74) is 1.03. The third kappa shape index (κ3) is 4.26. The molecule has 1 aliphatic rings. The van der Waals surface area contributed by atoms with E-state index in [0.29, 0.717) is 19.6 Å². The Balaban J connectivity index is 1.84. The highest BCUT2D eigenvalue weighted by Crippen LogP contribution is 2.14. The molecule has 0 unspecified atom stereocenters. The Hall–Kier alpha value is -1.95. The van der Waals surface area contributed by atoms with Crippen LogP contribution in [-0.4, -0.2) is 49.4 Å². The summed E-state index contributed by atoms with van der Waals surface area (Å²) in [6.07, 6.45) is 0. The lowest BCUT2D eigenvalue weighted by atomic mass is 10.2. The number of carbonyl (C=O) groups excluding carboxylic acids is 2. The molecule has 114 valence electrons. The van der Waals surface area contributed by atoms with E-state index < -0.39 is 5.82 Å². The van der Waals surface area contributed by atoms with E-state index in [9.17, 15) is 14.0 Å². The van der Waals surface area contributed by atoms with Crippen molar-refractivity contribution in [1.82, 2.24) is 4.90 Å². The van der Waals surface area contributed by atoms with Gasteiger partial charge in [-0.05, 0) is 24.6 Å². The molecule has 0 bridgehead atoms. The topological polar surface area (TPSA) is 53.9 Å². The predicted octanol–water partition coefficient (Wildman–Crippen LogP) is -0.180. The fourth-order valence-electron chi connectivity index (χ4n) is 2.46. The quantitative estimate of drug-likeness (QED) is 0.812. The number of benzene rings is 1. The van der Waals surface area contributed by atoms with Gasteiger partial charge in [0.25, 0.3) is 5.91 Å². The minimum absolute atomic E-state index is 0.0697. The van der Waals surface area contributed by atoms with Gasteiger partial charge in [0.1, 0.15) is 5.82 Å². The van der Waals surface area contributed by atoms with Crippen molar-refractivity contribution in [2.45, 2.75) is 13.8 Å². The summed E-state index contributed by atoms with van der Waals surface area (Å²) in [5.74, 6) is -0.552. The molecule has 21 heavy (non-hydrogen) atoms. The largest absolute Gasteiger partial charge is 0.332 e. The minimum atomic E-state index is -0.417. The number of hydrogen-bond acceptors (Lipinski definition) is 2. The number of nitrogens with zero attached hydrogens (tertiary/aromatic N) is 1. The summed E-state index contributed by atoms with van der Waals surface area (Å²) in [4.78, 5) is 26.1. The molecular weight excluding hydrogens is 273 g/mol. The number of piperazine rings is 1. The van der Waals surface area contributed by atoms with Crippen molar-refractivity contribution < 1.29 is 18.9 Å². The average molecular weight is 294 g/mol. The molecule has 1 fully saturated rings. The van der Waals surface area contributed by atoms with Crippen LogP contribution in [0.25, 0.3) is 0 Å². The number of quaternary nitrogens is 1. The fraction of sp³-hybridized carbons (Fsp3) is 0.467. The van der Waals surface area contributed by atoms with Crippen molar-refractivity contribution in [2.75, 3.05) is 38.0 Å². The molecule has 1 aromatic rings. The Bertz CT molecular complexity index is 540. The van der Waals surface area contributed by atoms with Gasteiger partial charge in [0.15, 0.2) is 6.54 Å². The molecule has 1 aromatic carbocycles. The van der Waals surface area contributed by atoms with Crippen molar-refractivity contribution in [1.29, 1.82) is 0 Å². The molecule has 0 saturated carbocycles. The van der Waals surface area contributed by atoms with E-state index in [2.05, 4.69) is 5.32 Å². The Labute approximate surface area is 123 Å². The van der Waals surface area contributed by atoms with Gasteiger partial charge in [0, 0.05) is 6.92 Å². The van der Waals surface area contributed by atoms with E-state index in [-0.39, 0.29) is 17.5 Å². The van der Waals surface area contributed by atoms with Gasteiger partial charge >= 0.3 is 0 Å². The van der Waals surface area contributed by atoms with Gasteiger partial charge in [0.05, 0.1) is 31.9 Å². The lowest BCUT2D eigenvalue weighted by Crippen LogP contribution is -3.15. The van der Waals surface area contributed by atoms with E-state index in [1.54, 1.807) is 30.9 Å². The SMILES string of the molecule is CC(=O)N1CC[NH+](CC(=O)Nc2ccc(C)cc2F)CC1. The highest BCUT2D eigenvalue weighted by atomic mass is 19.1. The molecule has 2 rings (SSSR count). The molecule has 0 aliphatic carbocycles. The summed E-state index contributed by atoms with van der Waals surface area (Å²) in [5, 5.41) is 2.60. The number of anilines is 1. The molecule has 0 aromatic heterocycles. The van der Waals surface area contributed by atoms with Crippen LogP contribution in [0, 0.1) is 12.7 Å². The minimum Gasteiger partial charge on any atom is -0.332 e. The number of rotatable bonds is 3. The summed E-state index contributed by atoms with van der Waals surface area (Å²) >= 11 is 0. The van der Waals surface area contributed by atoms with Crippen molar-refractivity contribution in [3.63, 3.8) is 0 Å². The molecule has 5 nitrogen and oxygen atoms in total. The maximum atomic E-state index is 13.7. The van der Waals surface area contributed by atoms with Gasteiger partial charge in [-0.1, -0.05) is 6.07 Å². The summed E-state index contributed by atoms with van der Waals surface area (Å²) in [6, 6.07) is 4.73. The lowest BCUT2D eigenvalue weighted by Gasteiger charge is -2.31. The lowest BCUT2D eigenvalue weighted by molar-refractivity contribution is -0.895. The standard InChI is InChI=1S/C15H20FN3O2/c1-11-3-4-14(13(16)9-11)17-15(21)10-18-5-7-19(8-6-18)12(2)20/h3-4,9H,5-8,10H2,1-2H3,(H,17,21)/p+1. The number of aryl methyl sites for hydroxylation is 1. The molecule has 1 saturated heterocycles. The van der Waals surface area contributed by atoms with Gasteiger partial charge in [-0.2, -0.15) is 0 Å². The van der Waals surface area contributed by atoms with Crippen molar-refractivity contribution in [3.8, 4) is 0 Å². The average Bonchev–Trinajstić information content (AvgIpc) is 2.42. The molecule has 1 aliphatic heterocycles. The van der Waals surface area contributed by atoms with E-state index in [1.807, 2.05) is 0 Å². The van der Waals surface area contributed by atoms with Crippen LogP contribution < -0.4 is 10.2 Å².